The number of carbonyl (C=O) groups excluding carboxylic acids is 1. The van der Waals surface area contributed by atoms with Crippen LogP contribution in [0, 0.1) is 5.41 Å². The Morgan fingerprint density at radius 3 is 2.56 bits per heavy atom. The van der Waals surface area contributed by atoms with Crippen molar-refractivity contribution in [1.82, 2.24) is 0 Å². The predicted octanol–water partition coefficient (Wildman–Crippen LogP) is 6.07. The summed E-state index contributed by atoms with van der Waals surface area (Å²) in [6.07, 6.45) is 3.09. The van der Waals surface area contributed by atoms with Crippen LogP contribution in [-0.2, 0) is 24.2 Å². The maximum Gasteiger partial charge on any atom is 0.227 e. The minimum absolute atomic E-state index is 0. The van der Waals surface area contributed by atoms with Crippen LogP contribution in [0.25, 0.3) is 10.8 Å². The van der Waals surface area contributed by atoms with Gasteiger partial charge in [-0.05, 0) is 64.9 Å². The molecule has 0 bridgehead atoms. The lowest BCUT2D eigenvalue weighted by Gasteiger charge is -2.30. The number of hydrogen-bond acceptors (Lipinski definition) is 3. The zero-order valence-corrected chi connectivity index (χ0v) is 21.0. The van der Waals surface area contributed by atoms with Crippen LogP contribution in [-0.4, -0.2) is 18.3 Å². The molecule has 0 aliphatic carbocycles. The van der Waals surface area contributed by atoms with Gasteiger partial charge in [0.15, 0.2) is 0 Å². The number of nitrogen functional groups attached to an aromatic ring is 1. The smallest absolute Gasteiger partial charge is 0.227 e. The normalized spacial score (nSPS) is 12.5. The topological polar surface area (TPSA) is 82.2 Å². The number of amidine groups is 1. The van der Waals surface area contributed by atoms with E-state index in [4.69, 9.17) is 11.1 Å². The number of rotatable bonds is 7. The Bertz CT molecular complexity index is 1380. The van der Waals surface area contributed by atoms with Crippen molar-refractivity contribution in [3.63, 3.8) is 0 Å². The molecule has 5 rings (SSSR count). The molecule has 0 atom stereocenters. The third-order valence-corrected chi connectivity index (χ3v) is 6.75. The van der Waals surface area contributed by atoms with Crippen LogP contribution in [0.1, 0.15) is 35.1 Å². The molecule has 0 radical (unpaired) electrons. The highest BCUT2D eigenvalue weighted by Gasteiger charge is 2.22. The van der Waals surface area contributed by atoms with Gasteiger partial charge in [-0.1, -0.05) is 66.7 Å². The number of nitrogens with zero attached hydrogens (tertiary/aromatic N) is 1. The van der Waals surface area contributed by atoms with Crippen molar-refractivity contribution in [1.29, 1.82) is 5.41 Å². The monoisotopic (exact) mass is 498 g/mol. The summed E-state index contributed by atoms with van der Waals surface area (Å²) in [7, 11) is 0. The minimum atomic E-state index is 0. The predicted molar refractivity (Wildman–Crippen MR) is 151 cm³/mol. The summed E-state index contributed by atoms with van der Waals surface area (Å²) in [6.45, 7) is 1.52. The number of nitrogens with two attached hydrogens (primary N) is 1. The van der Waals surface area contributed by atoms with E-state index in [1.807, 2.05) is 29.2 Å². The summed E-state index contributed by atoms with van der Waals surface area (Å²) < 4.78 is 0. The van der Waals surface area contributed by atoms with Gasteiger partial charge in [0, 0.05) is 36.4 Å². The Labute approximate surface area is 218 Å². The van der Waals surface area contributed by atoms with Gasteiger partial charge < -0.3 is 16.0 Å². The lowest BCUT2D eigenvalue weighted by molar-refractivity contribution is -0.118. The maximum atomic E-state index is 13.1. The third-order valence-electron chi connectivity index (χ3n) is 6.75. The molecular formula is C30H31ClN4O. The van der Waals surface area contributed by atoms with Crippen LogP contribution in [0.2, 0.25) is 0 Å². The number of benzene rings is 4. The number of aryl methyl sites for hydroxylation is 2. The standard InChI is InChI=1S/C30H30N4O.ClH/c31-30(32)23-13-10-21(11-14-23)12-17-29(35)34-18-4-8-24-19-26(15-16-28(24)34)33-20-25-7-3-6-22-5-1-2-9-27(22)25;/h1-3,5-7,9-11,13-16,19,33H,4,8,12,17-18,20H2,(H3,31,32);1H. The summed E-state index contributed by atoms with van der Waals surface area (Å²) in [4.78, 5) is 15.0. The van der Waals surface area contributed by atoms with Gasteiger partial charge in [0.2, 0.25) is 5.91 Å². The molecule has 5 nitrogen and oxygen atoms in total. The van der Waals surface area contributed by atoms with E-state index >= 15 is 0 Å². The number of halogens is 1. The van der Waals surface area contributed by atoms with E-state index in [-0.39, 0.29) is 24.1 Å². The number of fused-ring (bicyclic) bond motifs is 2. The Hall–Kier alpha value is -3.83. The molecule has 36 heavy (non-hydrogen) atoms. The molecule has 6 heteroatoms. The second-order valence-corrected chi connectivity index (χ2v) is 9.09. The van der Waals surface area contributed by atoms with Gasteiger partial charge in [-0.3, -0.25) is 10.2 Å². The maximum absolute atomic E-state index is 13.1. The summed E-state index contributed by atoms with van der Waals surface area (Å²) >= 11 is 0. The number of anilines is 2. The summed E-state index contributed by atoms with van der Waals surface area (Å²) in [5.74, 6) is 0.210. The Morgan fingerprint density at radius 2 is 1.75 bits per heavy atom. The van der Waals surface area contributed by atoms with Crippen LogP contribution in [0.5, 0.6) is 0 Å². The highest BCUT2D eigenvalue weighted by Crippen LogP contribution is 2.31. The first-order valence-corrected chi connectivity index (χ1v) is 12.2. The fourth-order valence-electron chi connectivity index (χ4n) is 4.85. The average molecular weight is 499 g/mol. The van der Waals surface area contributed by atoms with Crippen molar-refractivity contribution in [3.8, 4) is 0 Å². The first-order chi connectivity index (χ1) is 17.1. The molecule has 1 amide bonds. The fourth-order valence-corrected chi connectivity index (χ4v) is 4.85. The summed E-state index contributed by atoms with van der Waals surface area (Å²) in [6, 6.07) is 28.8. The molecule has 0 unspecified atom stereocenters. The van der Waals surface area contributed by atoms with Gasteiger partial charge >= 0.3 is 0 Å². The van der Waals surface area contributed by atoms with Crippen molar-refractivity contribution in [2.45, 2.75) is 32.2 Å². The zero-order valence-electron chi connectivity index (χ0n) is 20.2. The molecule has 0 spiro atoms. The van der Waals surface area contributed by atoms with Crippen LogP contribution in [0.15, 0.2) is 84.9 Å². The van der Waals surface area contributed by atoms with E-state index in [2.05, 4.69) is 66.0 Å². The van der Waals surface area contributed by atoms with Crippen LogP contribution in [0.4, 0.5) is 11.4 Å². The molecule has 0 aromatic heterocycles. The van der Waals surface area contributed by atoms with E-state index in [1.165, 1.54) is 21.9 Å². The quantitative estimate of drug-likeness (QED) is 0.213. The SMILES string of the molecule is Cl.N=C(N)c1ccc(CCC(=O)N2CCCc3cc(NCc4cccc5ccccc45)ccc32)cc1. The minimum Gasteiger partial charge on any atom is -0.384 e. The largest absolute Gasteiger partial charge is 0.384 e. The molecular weight excluding hydrogens is 468 g/mol. The molecule has 1 heterocycles. The van der Waals surface area contributed by atoms with E-state index < -0.39 is 0 Å². The van der Waals surface area contributed by atoms with Gasteiger partial charge in [-0.2, -0.15) is 0 Å². The molecule has 184 valence electrons. The molecule has 0 saturated carbocycles. The molecule has 4 aromatic rings. The van der Waals surface area contributed by atoms with Crippen molar-refractivity contribution in [2.24, 2.45) is 5.73 Å². The Balaban J connectivity index is 0.00000304. The second-order valence-electron chi connectivity index (χ2n) is 9.09. The number of nitrogens with one attached hydrogen (secondary N) is 2. The highest BCUT2D eigenvalue weighted by molar-refractivity contribution is 5.96. The van der Waals surface area contributed by atoms with Crippen molar-refractivity contribution < 1.29 is 4.79 Å². The van der Waals surface area contributed by atoms with E-state index in [0.29, 0.717) is 18.4 Å². The van der Waals surface area contributed by atoms with E-state index in [0.717, 1.165) is 42.9 Å². The van der Waals surface area contributed by atoms with Gasteiger partial charge in [0.05, 0.1) is 0 Å². The first-order valence-electron chi connectivity index (χ1n) is 12.2. The van der Waals surface area contributed by atoms with Crippen LogP contribution < -0.4 is 16.0 Å². The summed E-state index contributed by atoms with van der Waals surface area (Å²) in [5, 5.41) is 13.6. The number of hydrogen-bond donors (Lipinski definition) is 3. The van der Waals surface area contributed by atoms with Crippen molar-refractivity contribution in [2.75, 3.05) is 16.8 Å². The molecule has 0 saturated heterocycles. The van der Waals surface area contributed by atoms with Crippen molar-refractivity contribution in [3.05, 3.63) is 107 Å². The lowest BCUT2D eigenvalue weighted by atomic mass is 9.99. The van der Waals surface area contributed by atoms with Crippen LogP contribution in [0.3, 0.4) is 0 Å². The number of carbonyl (C=O) groups is 1. The summed E-state index contributed by atoms with van der Waals surface area (Å²) in [5.41, 5.74) is 11.9. The number of amides is 1. The highest BCUT2D eigenvalue weighted by atomic mass is 35.5. The Kier molecular flexibility index (Phi) is 7.91. The van der Waals surface area contributed by atoms with Crippen molar-refractivity contribution >= 4 is 46.3 Å². The van der Waals surface area contributed by atoms with Crippen LogP contribution >= 0.6 is 12.4 Å². The van der Waals surface area contributed by atoms with Gasteiger partial charge in [0.1, 0.15) is 5.84 Å². The van der Waals surface area contributed by atoms with E-state index in [9.17, 15) is 4.79 Å². The molecule has 4 aromatic carbocycles. The fraction of sp³-hybridized carbons (Fsp3) is 0.200. The average Bonchev–Trinajstić information content (AvgIpc) is 2.90. The lowest BCUT2D eigenvalue weighted by Crippen LogP contribution is -2.35. The molecule has 4 N–H and O–H groups in total. The molecule has 0 fully saturated rings. The third kappa shape index (κ3) is 5.52. The second kappa shape index (κ2) is 11.3. The Morgan fingerprint density at radius 1 is 0.972 bits per heavy atom. The van der Waals surface area contributed by atoms with E-state index in [1.54, 1.807) is 0 Å². The molecule has 1 aliphatic rings. The first kappa shape index (κ1) is 25.3. The van der Waals surface area contributed by atoms with Gasteiger partial charge in [0.25, 0.3) is 0 Å². The van der Waals surface area contributed by atoms with Gasteiger partial charge in [-0.25, -0.2) is 0 Å². The zero-order chi connectivity index (χ0) is 24.2. The molecule has 1 aliphatic heterocycles. The van der Waals surface area contributed by atoms with Gasteiger partial charge in [-0.15, -0.1) is 12.4 Å².